The molecule has 0 aliphatic rings. The molecule has 0 fully saturated rings. The van der Waals surface area contributed by atoms with E-state index in [1.165, 1.54) is 24.9 Å². The van der Waals surface area contributed by atoms with Crippen molar-refractivity contribution in [2.75, 3.05) is 12.8 Å². The van der Waals surface area contributed by atoms with Gasteiger partial charge in [0, 0.05) is 25.0 Å². The fourth-order valence-electron chi connectivity index (χ4n) is 1.79. The van der Waals surface area contributed by atoms with Crippen molar-refractivity contribution in [3.05, 3.63) is 50.9 Å². The maximum Gasteiger partial charge on any atom is 0.331 e. The van der Waals surface area contributed by atoms with E-state index in [1.54, 1.807) is 18.3 Å². The van der Waals surface area contributed by atoms with E-state index in [-0.39, 0.29) is 12.2 Å². The Balaban J connectivity index is 2.56. The first kappa shape index (κ1) is 12.9. The van der Waals surface area contributed by atoms with E-state index in [9.17, 15) is 9.59 Å². The van der Waals surface area contributed by atoms with Gasteiger partial charge in [0.15, 0.2) is 0 Å². The van der Waals surface area contributed by atoms with Crippen LogP contribution in [0.3, 0.4) is 0 Å². The molecule has 100 valence electrons. The molecule has 0 amide bonds. The van der Waals surface area contributed by atoms with Crippen LogP contribution in [-0.4, -0.2) is 21.2 Å². The highest BCUT2D eigenvalue weighted by Gasteiger charge is 2.11. The van der Waals surface area contributed by atoms with Crippen LogP contribution in [0.4, 0.5) is 5.69 Å². The lowest BCUT2D eigenvalue weighted by Crippen LogP contribution is -2.40. The van der Waals surface area contributed by atoms with Gasteiger partial charge in [0.1, 0.15) is 5.69 Å². The van der Waals surface area contributed by atoms with Crippen molar-refractivity contribution in [2.24, 2.45) is 7.05 Å². The third-order valence-corrected chi connectivity index (χ3v) is 2.73. The number of nitrogens with two attached hydrogens (primary N) is 1. The summed E-state index contributed by atoms with van der Waals surface area (Å²) in [6, 6.07) is 3.45. The van der Waals surface area contributed by atoms with Crippen LogP contribution in [0, 0.1) is 0 Å². The molecule has 0 unspecified atom stereocenters. The summed E-state index contributed by atoms with van der Waals surface area (Å²) in [6.07, 6.45) is 2.88. The molecular formula is C12H14N4O3. The molecule has 0 atom stereocenters. The van der Waals surface area contributed by atoms with E-state index >= 15 is 0 Å². The highest BCUT2D eigenvalue weighted by molar-refractivity contribution is 5.32. The minimum Gasteiger partial charge on any atom is -0.481 e. The molecule has 2 N–H and O–H groups in total. The van der Waals surface area contributed by atoms with Gasteiger partial charge in [-0.25, -0.2) is 9.78 Å². The van der Waals surface area contributed by atoms with Gasteiger partial charge in [-0.15, -0.1) is 0 Å². The lowest BCUT2D eigenvalue weighted by Gasteiger charge is -2.10. The Morgan fingerprint density at radius 2 is 2.16 bits per heavy atom. The van der Waals surface area contributed by atoms with E-state index in [0.29, 0.717) is 11.4 Å². The topological polar surface area (TPSA) is 92.1 Å². The predicted molar refractivity (Wildman–Crippen MR) is 70.2 cm³/mol. The minimum atomic E-state index is -0.519. The van der Waals surface area contributed by atoms with Crippen LogP contribution in [-0.2, 0) is 13.6 Å². The van der Waals surface area contributed by atoms with Crippen molar-refractivity contribution in [3.8, 4) is 5.88 Å². The van der Waals surface area contributed by atoms with Gasteiger partial charge in [0.2, 0.25) is 5.88 Å². The first-order chi connectivity index (χ1) is 9.04. The Bertz CT molecular complexity index is 683. The lowest BCUT2D eigenvalue weighted by molar-refractivity contribution is 0.390. The van der Waals surface area contributed by atoms with Crippen LogP contribution in [0.1, 0.15) is 5.56 Å². The van der Waals surface area contributed by atoms with Gasteiger partial charge in [-0.05, 0) is 6.07 Å². The van der Waals surface area contributed by atoms with E-state index in [4.69, 9.17) is 10.5 Å². The van der Waals surface area contributed by atoms with Crippen LogP contribution in [0.25, 0.3) is 0 Å². The molecule has 7 heteroatoms. The Kier molecular flexibility index (Phi) is 3.37. The average Bonchev–Trinajstić information content (AvgIpc) is 2.42. The maximum absolute atomic E-state index is 12.0. The number of rotatable bonds is 3. The van der Waals surface area contributed by atoms with Crippen molar-refractivity contribution < 1.29 is 4.74 Å². The van der Waals surface area contributed by atoms with Crippen molar-refractivity contribution in [2.45, 2.75) is 6.54 Å². The Morgan fingerprint density at radius 3 is 2.84 bits per heavy atom. The molecule has 0 saturated heterocycles. The Labute approximate surface area is 108 Å². The second-order valence-corrected chi connectivity index (χ2v) is 4.04. The quantitative estimate of drug-likeness (QED) is 0.811. The van der Waals surface area contributed by atoms with Crippen LogP contribution in [0.2, 0.25) is 0 Å². The molecule has 0 saturated carbocycles. The molecule has 0 aliphatic carbocycles. The van der Waals surface area contributed by atoms with Crippen molar-refractivity contribution in [3.63, 3.8) is 0 Å². The van der Waals surface area contributed by atoms with E-state index in [0.717, 1.165) is 4.57 Å². The van der Waals surface area contributed by atoms with Crippen molar-refractivity contribution in [1.82, 2.24) is 14.1 Å². The maximum atomic E-state index is 12.0. The highest BCUT2D eigenvalue weighted by atomic mass is 16.5. The molecule has 19 heavy (non-hydrogen) atoms. The molecule has 2 rings (SSSR count). The van der Waals surface area contributed by atoms with E-state index < -0.39 is 11.2 Å². The first-order valence-electron chi connectivity index (χ1n) is 5.58. The molecule has 0 aromatic carbocycles. The summed E-state index contributed by atoms with van der Waals surface area (Å²) in [6.45, 7) is 0.0631. The van der Waals surface area contributed by atoms with Crippen LogP contribution < -0.4 is 21.7 Å². The zero-order valence-corrected chi connectivity index (χ0v) is 10.7. The number of ether oxygens (including phenoxy) is 1. The Hall–Kier alpha value is -2.57. The highest BCUT2D eigenvalue weighted by Crippen LogP contribution is 2.13. The molecule has 2 aromatic rings. The van der Waals surface area contributed by atoms with Crippen LogP contribution >= 0.6 is 0 Å². The van der Waals surface area contributed by atoms with Crippen LogP contribution in [0.15, 0.2) is 34.1 Å². The smallest absolute Gasteiger partial charge is 0.331 e. The molecule has 0 bridgehead atoms. The molecule has 2 aromatic heterocycles. The summed E-state index contributed by atoms with van der Waals surface area (Å²) in [5.41, 5.74) is 5.27. The molecule has 0 aliphatic heterocycles. The molecule has 0 spiro atoms. The van der Waals surface area contributed by atoms with Gasteiger partial charge in [0.05, 0.1) is 13.7 Å². The first-order valence-corrected chi connectivity index (χ1v) is 5.58. The Morgan fingerprint density at radius 1 is 1.42 bits per heavy atom. The van der Waals surface area contributed by atoms with Gasteiger partial charge in [-0.3, -0.25) is 9.36 Å². The summed E-state index contributed by atoms with van der Waals surface area (Å²) >= 11 is 0. The largest absolute Gasteiger partial charge is 0.481 e. The monoisotopic (exact) mass is 262 g/mol. The SMILES string of the molecule is COc1ncccc1Cn1c(=O)c(N)cn(C)c1=O. The predicted octanol–water partition coefficient (Wildman–Crippen LogP) is -0.419. The number of aryl methyl sites for hydroxylation is 1. The normalized spacial score (nSPS) is 10.4. The number of pyridine rings is 1. The second-order valence-electron chi connectivity index (χ2n) is 4.04. The van der Waals surface area contributed by atoms with Crippen molar-refractivity contribution >= 4 is 5.69 Å². The zero-order chi connectivity index (χ0) is 14.0. The molecule has 0 radical (unpaired) electrons. The third kappa shape index (κ3) is 2.35. The summed E-state index contributed by atoms with van der Waals surface area (Å²) in [5, 5.41) is 0. The average molecular weight is 262 g/mol. The van der Waals surface area contributed by atoms with E-state index in [1.807, 2.05) is 0 Å². The van der Waals surface area contributed by atoms with Gasteiger partial charge in [-0.2, -0.15) is 0 Å². The number of nitrogen functional groups attached to an aromatic ring is 1. The fourth-order valence-corrected chi connectivity index (χ4v) is 1.79. The van der Waals surface area contributed by atoms with Gasteiger partial charge >= 0.3 is 5.69 Å². The van der Waals surface area contributed by atoms with Gasteiger partial charge in [-0.1, -0.05) is 6.07 Å². The number of anilines is 1. The second kappa shape index (κ2) is 4.97. The summed E-state index contributed by atoms with van der Waals surface area (Å²) in [4.78, 5) is 27.9. The number of hydrogen-bond donors (Lipinski definition) is 1. The number of methoxy groups -OCH3 is 1. The van der Waals surface area contributed by atoms with Gasteiger partial charge < -0.3 is 15.0 Å². The van der Waals surface area contributed by atoms with Crippen molar-refractivity contribution in [1.29, 1.82) is 0 Å². The van der Waals surface area contributed by atoms with Gasteiger partial charge in [0.25, 0.3) is 5.56 Å². The summed E-state index contributed by atoms with van der Waals surface area (Å²) in [5.74, 6) is 0.374. The standard InChI is InChI=1S/C12H14N4O3/c1-15-7-9(13)11(17)16(12(15)18)6-8-4-3-5-14-10(8)19-2/h3-5,7H,6,13H2,1-2H3. The number of hydrogen-bond acceptors (Lipinski definition) is 5. The number of nitrogens with zero attached hydrogens (tertiary/aromatic N) is 3. The summed E-state index contributed by atoms with van der Waals surface area (Å²) < 4.78 is 7.41. The minimum absolute atomic E-state index is 0.0185. The molecular weight excluding hydrogens is 248 g/mol. The van der Waals surface area contributed by atoms with E-state index in [2.05, 4.69) is 4.98 Å². The fraction of sp³-hybridized carbons (Fsp3) is 0.250. The lowest BCUT2D eigenvalue weighted by atomic mass is 10.2. The van der Waals surface area contributed by atoms with Crippen LogP contribution in [0.5, 0.6) is 5.88 Å². The molecule has 7 nitrogen and oxygen atoms in total. The third-order valence-electron chi connectivity index (χ3n) is 2.73. The zero-order valence-electron chi connectivity index (χ0n) is 10.7. The molecule has 2 heterocycles. The number of aromatic nitrogens is 3. The summed E-state index contributed by atoms with van der Waals surface area (Å²) in [7, 11) is 3.02.